The van der Waals surface area contributed by atoms with Crippen LogP contribution in [0.15, 0.2) is 103 Å². The smallest absolute Gasteiger partial charge is 0.335 e. The first-order valence-electron chi connectivity index (χ1n) is 17.0. The Bertz CT molecular complexity index is 2020. The number of likely N-dealkylation sites (tertiary alicyclic amines) is 1. The molecule has 2 atom stereocenters. The summed E-state index contributed by atoms with van der Waals surface area (Å²) in [5, 5.41) is 10.9. The zero-order valence-corrected chi connectivity index (χ0v) is 29.2. The summed E-state index contributed by atoms with van der Waals surface area (Å²) >= 11 is 6.62. The molecular formula is C39H40ClN3O6S. The molecule has 260 valence electrons. The lowest BCUT2D eigenvalue weighted by Gasteiger charge is -2.26. The summed E-state index contributed by atoms with van der Waals surface area (Å²) in [6, 6.07) is 33.0. The largest absolute Gasteiger partial charge is 0.493 e. The van der Waals surface area contributed by atoms with E-state index < -0.39 is 16.0 Å². The SMILES string of the molecule is O=C(O)c1ccc(OCCc2c(CCNS(=O)(=O)CCN3CC4CC3CO4)n(C(c3ccccc3)c3ccccc3)c3ccc(Cl)cc23)cc1. The molecule has 0 saturated carbocycles. The summed E-state index contributed by atoms with van der Waals surface area (Å²) < 4.78 is 43.6. The van der Waals surface area contributed by atoms with Crippen LogP contribution in [0.4, 0.5) is 0 Å². The lowest BCUT2D eigenvalue weighted by Crippen LogP contribution is -2.41. The average Bonchev–Trinajstić information content (AvgIpc) is 3.83. The molecule has 2 unspecified atom stereocenters. The first-order valence-corrected chi connectivity index (χ1v) is 19.0. The third kappa shape index (κ3) is 7.60. The van der Waals surface area contributed by atoms with Gasteiger partial charge in [-0.1, -0.05) is 72.3 Å². The van der Waals surface area contributed by atoms with Gasteiger partial charge in [-0.15, -0.1) is 0 Å². The number of aromatic carboxylic acids is 1. The minimum Gasteiger partial charge on any atom is -0.493 e. The van der Waals surface area contributed by atoms with Gasteiger partial charge in [0, 0.05) is 60.1 Å². The molecule has 3 heterocycles. The standard InChI is InChI=1S/C39H40ClN3O6S/c40-30-13-16-36-35(23-30)34(18-21-48-32-14-11-29(12-15-32)39(44)45)37(17-19-41-50(46,47)22-20-42-25-33-24-31(42)26-49-33)43(36)38(27-7-3-1-4-8-27)28-9-5-2-6-10-28/h1-16,23,31,33,38,41H,17-22,24-26H2,(H,44,45). The fourth-order valence-corrected chi connectivity index (χ4v) is 8.57. The summed E-state index contributed by atoms with van der Waals surface area (Å²) in [5.41, 5.74) is 5.37. The molecule has 2 fully saturated rings. The van der Waals surface area contributed by atoms with Crippen molar-refractivity contribution in [3.63, 3.8) is 0 Å². The second-order valence-corrected chi connectivity index (χ2v) is 15.3. The molecule has 9 nitrogen and oxygen atoms in total. The Morgan fingerprint density at radius 2 is 1.66 bits per heavy atom. The number of fused-ring (bicyclic) bond motifs is 3. The van der Waals surface area contributed by atoms with E-state index in [2.05, 4.69) is 38.5 Å². The number of hydrogen-bond acceptors (Lipinski definition) is 6. The summed E-state index contributed by atoms with van der Waals surface area (Å²) in [4.78, 5) is 13.6. The molecule has 0 amide bonds. The van der Waals surface area contributed by atoms with Crippen LogP contribution >= 0.6 is 11.6 Å². The number of benzene rings is 4. The number of morpholine rings is 1. The Kier molecular flexibility index (Phi) is 10.3. The van der Waals surface area contributed by atoms with Crippen molar-refractivity contribution >= 4 is 38.5 Å². The normalized spacial score (nSPS) is 17.6. The average molecular weight is 714 g/mol. The van der Waals surface area contributed by atoms with E-state index in [4.69, 9.17) is 21.1 Å². The molecule has 50 heavy (non-hydrogen) atoms. The Labute approximate surface area is 297 Å². The van der Waals surface area contributed by atoms with E-state index in [0.717, 1.165) is 46.3 Å². The van der Waals surface area contributed by atoms with E-state index >= 15 is 0 Å². The molecule has 11 heteroatoms. The molecule has 0 aliphatic carbocycles. The van der Waals surface area contributed by atoms with Gasteiger partial charge in [0.15, 0.2) is 0 Å². The molecule has 2 bridgehead atoms. The van der Waals surface area contributed by atoms with E-state index in [1.165, 1.54) is 12.1 Å². The van der Waals surface area contributed by atoms with Gasteiger partial charge < -0.3 is 19.1 Å². The van der Waals surface area contributed by atoms with Crippen molar-refractivity contribution in [2.24, 2.45) is 0 Å². The summed E-state index contributed by atoms with van der Waals surface area (Å²) in [6.45, 7) is 2.50. The zero-order chi connectivity index (χ0) is 34.7. The van der Waals surface area contributed by atoms with Gasteiger partial charge in [0.2, 0.25) is 10.0 Å². The van der Waals surface area contributed by atoms with Crippen LogP contribution in [0.3, 0.4) is 0 Å². The first kappa shape index (κ1) is 34.3. The van der Waals surface area contributed by atoms with Crippen LogP contribution in [0.5, 0.6) is 5.75 Å². The van der Waals surface area contributed by atoms with Crippen LogP contribution in [-0.4, -0.2) is 79.7 Å². The topological polar surface area (TPSA) is 110 Å². The number of halogens is 1. The highest BCUT2D eigenvalue weighted by Gasteiger charge is 2.39. The first-order chi connectivity index (χ1) is 24.3. The van der Waals surface area contributed by atoms with Gasteiger partial charge in [0.05, 0.1) is 36.7 Å². The van der Waals surface area contributed by atoms with Crippen LogP contribution in [0.1, 0.15) is 45.2 Å². The maximum Gasteiger partial charge on any atom is 0.335 e. The van der Waals surface area contributed by atoms with Crippen molar-refractivity contribution in [3.05, 3.63) is 136 Å². The highest BCUT2D eigenvalue weighted by atomic mass is 35.5. The highest BCUT2D eigenvalue weighted by molar-refractivity contribution is 7.89. The Morgan fingerprint density at radius 3 is 2.28 bits per heavy atom. The van der Waals surface area contributed by atoms with Gasteiger partial charge in [-0.3, -0.25) is 4.90 Å². The van der Waals surface area contributed by atoms with Gasteiger partial charge in [0.25, 0.3) is 0 Å². The maximum atomic E-state index is 13.3. The third-order valence-electron chi connectivity index (χ3n) is 9.74. The lowest BCUT2D eigenvalue weighted by atomic mass is 9.97. The number of carbonyl (C=O) groups is 1. The van der Waals surface area contributed by atoms with Gasteiger partial charge >= 0.3 is 5.97 Å². The minimum atomic E-state index is -3.54. The number of sulfonamides is 1. The summed E-state index contributed by atoms with van der Waals surface area (Å²) in [7, 11) is -3.54. The van der Waals surface area contributed by atoms with Gasteiger partial charge in [0.1, 0.15) is 5.75 Å². The molecule has 2 saturated heterocycles. The van der Waals surface area contributed by atoms with Crippen molar-refractivity contribution in [2.45, 2.75) is 37.5 Å². The second kappa shape index (κ2) is 15.0. The Morgan fingerprint density at radius 1 is 0.960 bits per heavy atom. The number of nitrogens with one attached hydrogen (secondary N) is 1. The molecule has 5 aromatic rings. The van der Waals surface area contributed by atoms with E-state index in [0.29, 0.717) is 49.4 Å². The predicted molar refractivity (Wildman–Crippen MR) is 195 cm³/mol. The number of rotatable bonds is 15. The van der Waals surface area contributed by atoms with Crippen LogP contribution in [0.25, 0.3) is 10.9 Å². The van der Waals surface area contributed by atoms with Crippen molar-refractivity contribution in [1.29, 1.82) is 0 Å². The van der Waals surface area contributed by atoms with Gasteiger partial charge in [-0.05, 0) is 65.6 Å². The molecule has 2 aliphatic rings. The molecular weight excluding hydrogens is 674 g/mol. The molecule has 0 radical (unpaired) electrons. The highest BCUT2D eigenvalue weighted by Crippen LogP contribution is 2.38. The van der Waals surface area contributed by atoms with Crippen molar-refractivity contribution < 1.29 is 27.8 Å². The number of carboxylic acid groups (broad SMARTS) is 1. The third-order valence-corrected chi connectivity index (χ3v) is 11.3. The molecule has 2 N–H and O–H groups in total. The lowest BCUT2D eigenvalue weighted by molar-refractivity contribution is 0.0332. The van der Waals surface area contributed by atoms with Crippen molar-refractivity contribution in [2.75, 3.05) is 38.6 Å². The zero-order valence-electron chi connectivity index (χ0n) is 27.6. The second-order valence-electron chi connectivity index (χ2n) is 12.9. The minimum absolute atomic E-state index is 0.0346. The van der Waals surface area contributed by atoms with E-state index in [1.54, 1.807) is 12.1 Å². The summed E-state index contributed by atoms with van der Waals surface area (Å²) in [5.74, 6) is -0.395. The van der Waals surface area contributed by atoms with Crippen molar-refractivity contribution in [1.82, 2.24) is 14.2 Å². The maximum absolute atomic E-state index is 13.3. The quantitative estimate of drug-likeness (QED) is 0.133. The number of hydrogen-bond donors (Lipinski definition) is 2. The molecule has 7 rings (SSSR count). The number of carboxylic acids is 1. The number of aromatic nitrogens is 1. The van der Waals surface area contributed by atoms with Gasteiger partial charge in [-0.25, -0.2) is 17.9 Å². The van der Waals surface area contributed by atoms with Crippen LogP contribution in [-0.2, 0) is 27.6 Å². The Balaban J connectivity index is 1.22. The van der Waals surface area contributed by atoms with Crippen LogP contribution in [0, 0.1) is 0 Å². The van der Waals surface area contributed by atoms with E-state index in [1.807, 2.05) is 54.6 Å². The molecule has 2 aliphatic heterocycles. The van der Waals surface area contributed by atoms with E-state index in [-0.39, 0.29) is 30.0 Å². The monoisotopic (exact) mass is 713 g/mol. The Hall–Kier alpha value is -4.19. The predicted octanol–water partition coefficient (Wildman–Crippen LogP) is 6.19. The number of nitrogens with zero attached hydrogens (tertiary/aromatic N) is 2. The molecule has 1 aromatic heterocycles. The number of ether oxygens (including phenoxy) is 2. The molecule has 4 aromatic carbocycles. The van der Waals surface area contributed by atoms with Crippen LogP contribution in [0.2, 0.25) is 5.02 Å². The van der Waals surface area contributed by atoms with Gasteiger partial charge in [-0.2, -0.15) is 0 Å². The fraction of sp³-hybridized carbons (Fsp3) is 0.308. The van der Waals surface area contributed by atoms with E-state index in [9.17, 15) is 18.3 Å². The van der Waals surface area contributed by atoms with Crippen LogP contribution < -0.4 is 9.46 Å². The molecule has 0 spiro atoms. The van der Waals surface area contributed by atoms with Crippen molar-refractivity contribution in [3.8, 4) is 5.75 Å². The summed E-state index contributed by atoms with van der Waals surface area (Å²) in [6.07, 6.45) is 2.15. The fourth-order valence-electron chi connectivity index (χ4n) is 7.36.